The van der Waals surface area contributed by atoms with Crippen LogP contribution in [0.25, 0.3) is 0 Å². The second kappa shape index (κ2) is 76.3. The molecular formula is C82H160O17P2. The maximum Gasteiger partial charge on any atom is 0.472 e. The van der Waals surface area contributed by atoms with Crippen molar-refractivity contribution >= 4 is 39.5 Å². The molecule has 19 heteroatoms. The summed E-state index contributed by atoms with van der Waals surface area (Å²) in [5.74, 6) is -2.10. The van der Waals surface area contributed by atoms with Gasteiger partial charge in [-0.05, 0) is 25.7 Å². The van der Waals surface area contributed by atoms with Crippen LogP contribution in [0.15, 0.2) is 0 Å². The third-order valence-corrected chi connectivity index (χ3v) is 21.3. The zero-order chi connectivity index (χ0) is 73.9. The third kappa shape index (κ3) is 76.1. The second-order valence-electron chi connectivity index (χ2n) is 29.5. The Morgan fingerprint density at radius 2 is 0.396 bits per heavy atom. The molecule has 0 bridgehead atoms. The van der Waals surface area contributed by atoms with Crippen LogP contribution in [0.2, 0.25) is 0 Å². The predicted molar refractivity (Wildman–Crippen MR) is 414 cm³/mol. The van der Waals surface area contributed by atoms with E-state index in [4.69, 9.17) is 37.0 Å². The predicted octanol–water partition coefficient (Wildman–Crippen LogP) is 25.0. The van der Waals surface area contributed by atoms with Gasteiger partial charge in [0.15, 0.2) is 12.2 Å². The molecule has 0 spiro atoms. The van der Waals surface area contributed by atoms with Crippen molar-refractivity contribution in [1.82, 2.24) is 0 Å². The van der Waals surface area contributed by atoms with Gasteiger partial charge in [-0.25, -0.2) is 9.13 Å². The monoisotopic (exact) mass is 1480 g/mol. The van der Waals surface area contributed by atoms with Gasteiger partial charge in [-0.3, -0.25) is 37.3 Å². The van der Waals surface area contributed by atoms with E-state index in [9.17, 15) is 43.2 Å². The van der Waals surface area contributed by atoms with Crippen LogP contribution in [0.4, 0.5) is 0 Å². The summed E-state index contributed by atoms with van der Waals surface area (Å²) in [5, 5.41) is 10.6. The van der Waals surface area contributed by atoms with E-state index in [1.165, 1.54) is 276 Å². The molecule has 101 heavy (non-hydrogen) atoms. The number of carbonyl (C=O) groups excluding carboxylic acids is 4. The Morgan fingerprint density at radius 3 is 0.584 bits per heavy atom. The first-order valence-corrected chi connectivity index (χ1v) is 45.8. The van der Waals surface area contributed by atoms with Gasteiger partial charge in [-0.15, -0.1) is 0 Å². The highest BCUT2D eigenvalue weighted by molar-refractivity contribution is 7.47. The largest absolute Gasteiger partial charge is 0.472 e. The topological polar surface area (TPSA) is 237 Å². The molecule has 0 aromatic heterocycles. The van der Waals surface area contributed by atoms with Crippen LogP contribution in [-0.2, 0) is 65.4 Å². The van der Waals surface area contributed by atoms with Crippen LogP contribution >= 0.6 is 15.6 Å². The number of unbranched alkanes of at least 4 members (excludes halogenated alkanes) is 57. The fourth-order valence-electron chi connectivity index (χ4n) is 12.8. The Bertz CT molecular complexity index is 1910. The molecule has 0 rings (SSSR count). The molecule has 0 amide bonds. The van der Waals surface area contributed by atoms with E-state index in [2.05, 4.69) is 27.7 Å². The minimum atomic E-state index is -4.96. The minimum absolute atomic E-state index is 0.109. The lowest BCUT2D eigenvalue weighted by atomic mass is 10.0. The number of hydrogen-bond acceptors (Lipinski definition) is 15. The summed E-state index contributed by atoms with van der Waals surface area (Å²) in [4.78, 5) is 73.1. The van der Waals surface area contributed by atoms with Gasteiger partial charge in [0.25, 0.3) is 0 Å². The Balaban J connectivity index is 5.23. The number of aliphatic hydroxyl groups is 1. The summed E-state index contributed by atoms with van der Waals surface area (Å²) in [6.07, 6.45) is 69.3. The Hall–Kier alpha value is -1.94. The highest BCUT2D eigenvalue weighted by atomic mass is 31.2. The maximum atomic E-state index is 13.1. The first kappa shape index (κ1) is 99.1. The van der Waals surface area contributed by atoms with E-state index in [0.29, 0.717) is 25.7 Å². The van der Waals surface area contributed by atoms with Gasteiger partial charge in [0.1, 0.15) is 19.3 Å². The standard InChI is InChI=1S/C82H160O17P2/c1-5-9-13-17-21-25-29-32-35-37-39-42-44-47-51-55-59-63-67-80(85)93-73-78(99-82(87)69-65-61-57-53-49-46-43-40-38-36-33-30-26-22-18-14-10-6-2)75-97-101(90,91)95-71-76(83)70-94-100(88,89)96-74-77(72-92-79(84)66-62-58-54-50-28-24-20-16-12-8-4)98-81(86)68-64-60-56-52-48-45-41-34-31-27-23-19-15-11-7-3/h76-78,83H,5-75H2,1-4H3,(H,88,89)(H,90,91)/t76-,77+,78+/m0/s1. The summed E-state index contributed by atoms with van der Waals surface area (Å²) >= 11 is 0. The molecule has 2 unspecified atom stereocenters. The lowest BCUT2D eigenvalue weighted by molar-refractivity contribution is -0.161. The van der Waals surface area contributed by atoms with Crippen LogP contribution in [0.3, 0.4) is 0 Å². The summed E-state index contributed by atoms with van der Waals surface area (Å²) in [7, 11) is -9.92. The number of hydrogen-bond donors (Lipinski definition) is 3. The average molecular weight is 1480 g/mol. The van der Waals surface area contributed by atoms with Crippen LogP contribution in [0.5, 0.6) is 0 Å². The average Bonchev–Trinajstić information content (AvgIpc) is 0.969. The van der Waals surface area contributed by atoms with Crippen molar-refractivity contribution in [3.05, 3.63) is 0 Å². The molecule has 0 aliphatic carbocycles. The summed E-state index contributed by atoms with van der Waals surface area (Å²) in [6.45, 7) is 5.03. The molecular weight excluding hydrogens is 1320 g/mol. The van der Waals surface area contributed by atoms with Crippen molar-refractivity contribution < 1.29 is 80.2 Å². The molecule has 0 aromatic carbocycles. The number of esters is 4. The van der Waals surface area contributed by atoms with Crippen molar-refractivity contribution in [3.8, 4) is 0 Å². The van der Waals surface area contributed by atoms with E-state index in [1.54, 1.807) is 0 Å². The van der Waals surface area contributed by atoms with E-state index in [-0.39, 0.29) is 25.7 Å². The lowest BCUT2D eigenvalue weighted by Crippen LogP contribution is -2.30. The molecule has 3 N–H and O–H groups in total. The third-order valence-electron chi connectivity index (χ3n) is 19.4. The summed E-state index contributed by atoms with van der Waals surface area (Å²) in [6, 6.07) is 0. The molecule has 0 radical (unpaired) electrons. The van der Waals surface area contributed by atoms with E-state index < -0.39 is 97.5 Å². The molecule has 0 fully saturated rings. The molecule has 0 heterocycles. The van der Waals surface area contributed by atoms with Gasteiger partial charge in [-0.1, -0.05) is 394 Å². The number of phosphoric acid groups is 2. The number of carbonyl (C=O) groups is 4. The minimum Gasteiger partial charge on any atom is -0.462 e. The van der Waals surface area contributed by atoms with Gasteiger partial charge in [-0.2, -0.15) is 0 Å². The van der Waals surface area contributed by atoms with Gasteiger partial charge in [0.05, 0.1) is 26.4 Å². The normalized spacial score (nSPS) is 13.8. The second-order valence-corrected chi connectivity index (χ2v) is 32.4. The van der Waals surface area contributed by atoms with Crippen molar-refractivity contribution in [1.29, 1.82) is 0 Å². The maximum absolute atomic E-state index is 13.1. The number of aliphatic hydroxyl groups excluding tert-OH is 1. The molecule has 5 atom stereocenters. The molecule has 0 saturated carbocycles. The van der Waals surface area contributed by atoms with Gasteiger partial charge >= 0.3 is 39.5 Å². The lowest BCUT2D eigenvalue weighted by Gasteiger charge is -2.21. The Morgan fingerprint density at radius 1 is 0.238 bits per heavy atom. The van der Waals surface area contributed by atoms with Crippen molar-refractivity contribution in [3.63, 3.8) is 0 Å². The fraction of sp³-hybridized carbons (Fsp3) is 0.951. The zero-order valence-corrected chi connectivity index (χ0v) is 67.7. The summed E-state index contributed by atoms with van der Waals surface area (Å²) in [5.41, 5.74) is 0. The van der Waals surface area contributed by atoms with E-state index >= 15 is 0 Å². The first-order valence-electron chi connectivity index (χ1n) is 42.8. The quantitative estimate of drug-likeness (QED) is 0.0222. The smallest absolute Gasteiger partial charge is 0.462 e. The van der Waals surface area contributed by atoms with Crippen LogP contribution < -0.4 is 0 Å². The van der Waals surface area contributed by atoms with Crippen molar-refractivity contribution in [2.24, 2.45) is 0 Å². The number of rotatable bonds is 83. The van der Waals surface area contributed by atoms with E-state index in [0.717, 1.165) is 89.9 Å². The van der Waals surface area contributed by atoms with Gasteiger partial charge in [0, 0.05) is 25.7 Å². The summed E-state index contributed by atoms with van der Waals surface area (Å²) < 4.78 is 68.8. The Kier molecular flexibility index (Phi) is 74.8. The van der Waals surface area contributed by atoms with Crippen LogP contribution in [0.1, 0.15) is 445 Å². The number of phosphoric ester groups is 2. The first-order chi connectivity index (χ1) is 49.2. The van der Waals surface area contributed by atoms with E-state index in [1.807, 2.05) is 0 Å². The van der Waals surface area contributed by atoms with Crippen molar-refractivity contribution in [2.45, 2.75) is 463 Å². The number of ether oxygens (including phenoxy) is 4. The fourth-order valence-corrected chi connectivity index (χ4v) is 14.4. The van der Waals surface area contributed by atoms with Crippen LogP contribution in [-0.4, -0.2) is 96.7 Å². The SMILES string of the molecule is CCCCCCCCCCCCCCCCCCCCC(=O)OC[C@H](COP(=O)(O)OC[C@@H](O)COP(=O)(O)OC[C@@H](COC(=O)CCCCCCCCCCCC)OC(=O)CCCCCCCCCCCCCCCCC)OC(=O)CCCCCCCCCCCCCCCCCCCC. The molecule has 0 saturated heterocycles. The zero-order valence-electron chi connectivity index (χ0n) is 65.9. The highest BCUT2D eigenvalue weighted by Gasteiger charge is 2.30. The van der Waals surface area contributed by atoms with Crippen molar-refractivity contribution in [2.75, 3.05) is 39.6 Å². The highest BCUT2D eigenvalue weighted by Crippen LogP contribution is 2.45. The van der Waals surface area contributed by atoms with Gasteiger partial charge in [0.2, 0.25) is 0 Å². The molecule has 0 aromatic rings. The van der Waals surface area contributed by atoms with Crippen LogP contribution in [0, 0.1) is 0 Å². The Labute approximate surface area is 619 Å². The molecule has 0 aliphatic heterocycles. The molecule has 600 valence electrons. The van der Waals surface area contributed by atoms with Gasteiger partial charge < -0.3 is 33.8 Å². The molecule has 0 aliphatic rings. The molecule has 17 nitrogen and oxygen atoms in total.